The van der Waals surface area contributed by atoms with Crippen LogP contribution in [-0.2, 0) is 19.1 Å². The second-order valence-corrected chi connectivity index (χ2v) is 10.1. The molecule has 4 nitrogen and oxygen atoms in total. The van der Waals surface area contributed by atoms with Crippen LogP contribution in [0.5, 0.6) is 0 Å². The highest BCUT2D eigenvalue weighted by molar-refractivity contribution is 5.91. The molecule has 0 aromatic heterocycles. The van der Waals surface area contributed by atoms with Crippen molar-refractivity contribution in [1.82, 2.24) is 0 Å². The molecule has 4 heteroatoms. The van der Waals surface area contributed by atoms with E-state index in [-0.39, 0.29) is 6.10 Å². The highest BCUT2D eigenvalue weighted by atomic mass is 16.5. The molecule has 2 rings (SSSR count). The third kappa shape index (κ3) is 12.1. The molecule has 2 saturated carbocycles. The van der Waals surface area contributed by atoms with Gasteiger partial charge in [0.05, 0.1) is 6.61 Å². The van der Waals surface area contributed by atoms with E-state index in [9.17, 15) is 9.59 Å². The van der Waals surface area contributed by atoms with Crippen molar-refractivity contribution in [3.05, 3.63) is 12.2 Å². The summed E-state index contributed by atoms with van der Waals surface area (Å²) in [6.45, 7) is 2.71. The van der Waals surface area contributed by atoms with Crippen LogP contribution in [0.2, 0.25) is 0 Å². The first-order valence-electron chi connectivity index (χ1n) is 13.7. The summed E-state index contributed by atoms with van der Waals surface area (Å²) in [5.74, 6) is 0.419. The summed E-state index contributed by atoms with van der Waals surface area (Å²) in [5, 5.41) is 0. The fourth-order valence-corrected chi connectivity index (χ4v) is 5.35. The molecule has 0 aliphatic heterocycles. The van der Waals surface area contributed by atoms with Crippen LogP contribution < -0.4 is 0 Å². The van der Waals surface area contributed by atoms with Crippen LogP contribution in [0.15, 0.2) is 12.2 Å². The first-order chi connectivity index (χ1) is 15.7. The van der Waals surface area contributed by atoms with Crippen molar-refractivity contribution in [2.24, 2.45) is 11.8 Å². The first-order valence-corrected chi connectivity index (χ1v) is 13.7. The Kier molecular flexibility index (Phi) is 14.5. The van der Waals surface area contributed by atoms with Crippen LogP contribution in [0.4, 0.5) is 0 Å². The standard InChI is InChI=1S/C28H48O4/c1-2-3-4-5-6-7-8-9-10-11-12-13-14-15-16-21-31-27(29)19-20-28(30)32-26-23-24-17-18-25(26)22-24/h19-20,24-26H,2-18,21-23H2,1H3/b20-19+. The fraction of sp³-hybridized carbons (Fsp3) is 0.857. The lowest BCUT2D eigenvalue weighted by atomic mass is 9.98. The third-order valence-electron chi connectivity index (χ3n) is 7.29. The van der Waals surface area contributed by atoms with Crippen LogP contribution in [0.25, 0.3) is 0 Å². The topological polar surface area (TPSA) is 52.6 Å². The van der Waals surface area contributed by atoms with E-state index in [0.717, 1.165) is 25.2 Å². The van der Waals surface area contributed by atoms with Crippen molar-refractivity contribution in [2.75, 3.05) is 6.61 Å². The lowest BCUT2D eigenvalue weighted by molar-refractivity contribution is -0.146. The van der Waals surface area contributed by atoms with Crippen molar-refractivity contribution in [1.29, 1.82) is 0 Å². The summed E-state index contributed by atoms with van der Waals surface area (Å²) < 4.78 is 10.7. The predicted octanol–water partition coefficient (Wildman–Crippen LogP) is 7.69. The second-order valence-electron chi connectivity index (χ2n) is 10.1. The fourth-order valence-electron chi connectivity index (χ4n) is 5.35. The maximum atomic E-state index is 11.9. The molecule has 3 atom stereocenters. The largest absolute Gasteiger partial charge is 0.463 e. The van der Waals surface area contributed by atoms with Crippen molar-refractivity contribution in [3.8, 4) is 0 Å². The molecule has 0 aromatic rings. The predicted molar refractivity (Wildman–Crippen MR) is 130 cm³/mol. The van der Waals surface area contributed by atoms with E-state index in [0.29, 0.717) is 12.5 Å². The molecule has 0 saturated heterocycles. The Bertz CT molecular complexity index is 542. The lowest BCUT2D eigenvalue weighted by Crippen LogP contribution is -2.23. The molecule has 32 heavy (non-hydrogen) atoms. The number of carbonyl (C=O) groups excluding carboxylic acids is 2. The molecule has 2 aliphatic carbocycles. The number of hydrogen-bond acceptors (Lipinski definition) is 4. The van der Waals surface area contributed by atoms with Crippen molar-refractivity contribution in [2.45, 2.75) is 135 Å². The van der Waals surface area contributed by atoms with Gasteiger partial charge in [-0.05, 0) is 43.9 Å². The number of ether oxygens (including phenoxy) is 2. The van der Waals surface area contributed by atoms with E-state index < -0.39 is 11.9 Å². The number of fused-ring (bicyclic) bond motifs is 2. The molecule has 0 heterocycles. The smallest absolute Gasteiger partial charge is 0.331 e. The molecular formula is C28H48O4. The summed E-state index contributed by atoms with van der Waals surface area (Å²) in [6.07, 6.45) is 26.9. The minimum atomic E-state index is -0.444. The minimum absolute atomic E-state index is 0.0576. The molecule has 0 spiro atoms. The molecule has 184 valence electrons. The van der Waals surface area contributed by atoms with Gasteiger partial charge < -0.3 is 9.47 Å². The zero-order valence-electron chi connectivity index (χ0n) is 20.7. The Labute approximate surface area is 196 Å². The molecule has 2 bridgehead atoms. The van der Waals surface area contributed by atoms with Gasteiger partial charge in [0, 0.05) is 12.2 Å². The highest BCUT2D eigenvalue weighted by Crippen LogP contribution is 2.45. The van der Waals surface area contributed by atoms with E-state index in [4.69, 9.17) is 9.47 Å². The van der Waals surface area contributed by atoms with Gasteiger partial charge in [-0.1, -0.05) is 96.8 Å². The van der Waals surface area contributed by atoms with Crippen molar-refractivity contribution < 1.29 is 19.1 Å². The monoisotopic (exact) mass is 448 g/mol. The van der Waals surface area contributed by atoms with Crippen LogP contribution in [0.3, 0.4) is 0 Å². The van der Waals surface area contributed by atoms with Crippen molar-refractivity contribution >= 4 is 11.9 Å². The van der Waals surface area contributed by atoms with Gasteiger partial charge in [0.1, 0.15) is 6.10 Å². The number of rotatable bonds is 19. The average Bonchev–Trinajstić information content (AvgIpc) is 3.41. The molecule has 3 unspecified atom stereocenters. The average molecular weight is 449 g/mol. The number of unbranched alkanes of at least 4 members (excludes halogenated alkanes) is 14. The van der Waals surface area contributed by atoms with Crippen LogP contribution in [0.1, 0.15) is 129 Å². The Morgan fingerprint density at radius 2 is 1.22 bits per heavy atom. The van der Waals surface area contributed by atoms with Crippen LogP contribution in [0, 0.1) is 11.8 Å². The van der Waals surface area contributed by atoms with Gasteiger partial charge in [-0.3, -0.25) is 0 Å². The van der Waals surface area contributed by atoms with E-state index in [1.807, 2.05) is 0 Å². The molecule has 0 amide bonds. The Balaban J connectivity index is 1.31. The zero-order valence-corrected chi connectivity index (χ0v) is 20.7. The highest BCUT2D eigenvalue weighted by Gasteiger charge is 2.41. The first kappa shape index (κ1) is 26.9. The molecule has 0 N–H and O–H groups in total. The van der Waals surface area contributed by atoms with Crippen molar-refractivity contribution in [3.63, 3.8) is 0 Å². The van der Waals surface area contributed by atoms with Gasteiger partial charge >= 0.3 is 11.9 Å². The quantitative estimate of drug-likeness (QED) is 0.115. The molecular weight excluding hydrogens is 400 g/mol. The Morgan fingerprint density at radius 1 is 0.688 bits per heavy atom. The summed E-state index contributed by atoms with van der Waals surface area (Å²) in [7, 11) is 0. The van der Waals surface area contributed by atoms with Crippen LogP contribution in [-0.4, -0.2) is 24.6 Å². The normalized spacial score (nSPS) is 22.0. The van der Waals surface area contributed by atoms with Gasteiger partial charge in [0.2, 0.25) is 0 Å². The SMILES string of the molecule is CCCCCCCCCCCCCCCCCOC(=O)/C=C/C(=O)OC1CC2CCC1C2. The van der Waals surface area contributed by atoms with Gasteiger partial charge in [0.25, 0.3) is 0 Å². The van der Waals surface area contributed by atoms with Gasteiger partial charge in [-0.2, -0.15) is 0 Å². The maximum absolute atomic E-state index is 11.9. The third-order valence-corrected chi connectivity index (χ3v) is 7.29. The zero-order chi connectivity index (χ0) is 22.9. The summed E-state index contributed by atoms with van der Waals surface area (Å²) in [4.78, 5) is 23.6. The van der Waals surface area contributed by atoms with E-state index >= 15 is 0 Å². The lowest BCUT2D eigenvalue weighted by Gasteiger charge is -2.20. The van der Waals surface area contributed by atoms with E-state index in [2.05, 4.69) is 6.92 Å². The minimum Gasteiger partial charge on any atom is -0.463 e. The summed E-state index contributed by atoms with van der Waals surface area (Å²) >= 11 is 0. The van der Waals surface area contributed by atoms with Crippen LogP contribution >= 0.6 is 0 Å². The molecule has 2 aliphatic rings. The second kappa shape index (κ2) is 17.2. The molecule has 2 fully saturated rings. The maximum Gasteiger partial charge on any atom is 0.331 e. The van der Waals surface area contributed by atoms with E-state index in [1.54, 1.807) is 0 Å². The Hall–Kier alpha value is -1.32. The number of hydrogen-bond donors (Lipinski definition) is 0. The molecule has 0 radical (unpaired) electrons. The summed E-state index contributed by atoms with van der Waals surface area (Å²) in [6, 6.07) is 0. The van der Waals surface area contributed by atoms with Gasteiger partial charge in [0.15, 0.2) is 0 Å². The van der Waals surface area contributed by atoms with Gasteiger partial charge in [-0.15, -0.1) is 0 Å². The summed E-state index contributed by atoms with van der Waals surface area (Å²) in [5.41, 5.74) is 0. The van der Waals surface area contributed by atoms with Gasteiger partial charge in [-0.25, -0.2) is 9.59 Å². The number of carbonyl (C=O) groups is 2. The molecule has 0 aromatic carbocycles. The number of esters is 2. The Morgan fingerprint density at radius 3 is 1.72 bits per heavy atom. The van der Waals surface area contributed by atoms with E-state index in [1.165, 1.54) is 115 Å².